The molecule has 1 aromatic heterocycles. The van der Waals surface area contributed by atoms with Crippen LogP contribution in [0.2, 0.25) is 0 Å². The summed E-state index contributed by atoms with van der Waals surface area (Å²) in [6.45, 7) is 5.20. The zero-order valence-electron chi connectivity index (χ0n) is 16.3. The second-order valence-electron chi connectivity index (χ2n) is 7.39. The molecular weight excluding hydrogens is 344 g/mol. The number of aromatic nitrogens is 2. The highest BCUT2D eigenvalue weighted by Crippen LogP contribution is 2.23. The highest BCUT2D eigenvalue weighted by Gasteiger charge is 2.27. The first-order valence-corrected chi connectivity index (χ1v) is 9.17. The van der Waals surface area contributed by atoms with Gasteiger partial charge in [-0.3, -0.25) is 18.7 Å². The lowest BCUT2D eigenvalue weighted by Gasteiger charge is -2.34. The first kappa shape index (κ1) is 18.9. The van der Waals surface area contributed by atoms with Crippen LogP contribution in [0.5, 0.6) is 0 Å². The molecule has 144 valence electrons. The predicted molar refractivity (Wildman–Crippen MR) is 106 cm³/mol. The Hall–Kier alpha value is -2.83. The van der Waals surface area contributed by atoms with Crippen molar-refractivity contribution in [3.63, 3.8) is 0 Å². The molecule has 0 radical (unpaired) electrons. The Kier molecular flexibility index (Phi) is 5.21. The number of nitrogens with one attached hydrogen (secondary N) is 1. The van der Waals surface area contributed by atoms with Crippen molar-refractivity contribution in [1.29, 1.82) is 0 Å². The molecule has 1 saturated heterocycles. The van der Waals surface area contributed by atoms with Gasteiger partial charge in [0, 0.05) is 38.9 Å². The Morgan fingerprint density at radius 3 is 2.37 bits per heavy atom. The maximum Gasteiger partial charge on any atom is 0.332 e. The minimum Gasteiger partial charge on any atom is -0.357 e. The minimum absolute atomic E-state index is 0.0291. The quantitative estimate of drug-likeness (QED) is 0.890. The summed E-state index contributed by atoms with van der Waals surface area (Å²) in [5.41, 5.74) is 2.31. The molecule has 7 heteroatoms. The lowest BCUT2D eigenvalue weighted by Crippen LogP contribution is -2.45. The van der Waals surface area contributed by atoms with Gasteiger partial charge in [-0.1, -0.05) is 6.07 Å². The van der Waals surface area contributed by atoms with Crippen LogP contribution in [0, 0.1) is 19.8 Å². The van der Waals surface area contributed by atoms with E-state index in [1.807, 2.05) is 30.9 Å². The van der Waals surface area contributed by atoms with Gasteiger partial charge in [-0.15, -0.1) is 0 Å². The van der Waals surface area contributed by atoms with Crippen molar-refractivity contribution in [2.75, 3.05) is 23.3 Å². The molecule has 7 nitrogen and oxygen atoms in total. The molecule has 1 aliphatic rings. The van der Waals surface area contributed by atoms with Crippen LogP contribution in [0.3, 0.4) is 0 Å². The van der Waals surface area contributed by atoms with Gasteiger partial charge in [-0.2, -0.15) is 0 Å². The van der Waals surface area contributed by atoms with Gasteiger partial charge in [0.05, 0.1) is 5.92 Å². The maximum absolute atomic E-state index is 12.8. The second-order valence-corrected chi connectivity index (χ2v) is 7.39. The zero-order chi connectivity index (χ0) is 19.7. The second kappa shape index (κ2) is 7.42. The van der Waals surface area contributed by atoms with E-state index >= 15 is 0 Å². The maximum atomic E-state index is 12.8. The highest BCUT2D eigenvalue weighted by atomic mass is 16.2. The number of nitrogens with zero attached hydrogens (tertiary/aromatic N) is 3. The first-order chi connectivity index (χ1) is 12.8. The van der Waals surface area contributed by atoms with Crippen LogP contribution in [0.25, 0.3) is 0 Å². The number of carbonyl (C=O) groups excluding carboxylic acids is 1. The van der Waals surface area contributed by atoms with E-state index in [2.05, 4.69) is 11.4 Å². The van der Waals surface area contributed by atoms with Gasteiger partial charge in [0.1, 0.15) is 5.82 Å². The van der Waals surface area contributed by atoms with Crippen molar-refractivity contribution >= 4 is 17.4 Å². The number of hydrogen-bond acceptors (Lipinski definition) is 4. The average molecular weight is 370 g/mol. The van der Waals surface area contributed by atoms with Gasteiger partial charge >= 0.3 is 5.69 Å². The molecule has 1 fully saturated rings. The standard InChI is InChI=1S/C20H26N4O3/c1-13-8-14(2)10-16(9-13)21-19(26)15-6-5-7-24(12-15)17-11-18(25)23(4)20(27)22(17)3/h8-11,15H,5-7,12H2,1-4H3,(H,21,26). The summed E-state index contributed by atoms with van der Waals surface area (Å²) in [4.78, 5) is 38.9. The summed E-state index contributed by atoms with van der Waals surface area (Å²) in [6, 6.07) is 7.44. The smallest absolute Gasteiger partial charge is 0.332 e. The number of aryl methyl sites for hydroxylation is 2. The van der Waals surface area contributed by atoms with Crippen LogP contribution in [0.15, 0.2) is 33.9 Å². The van der Waals surface area contributed by atoms with Crippen molar-refractivity contribution in [3.05, 3.63) is 56.2 Å². The first-order valence-electron chi connectivity index (χ1n) is 9.17. The van der Waals surface area contributed by atoms with Gasteiger partial charge in [-0.25, -0.2) is 4.79 Å². The third-order valence-electron chi connectivity index (χ3n) is 5.11. The lowest BCUT2D eigenvalue weighted by molar-refractivity contribution is -0.120. The molecule has 2 aromatic rings. The van der Waals surface area contributed by atoms with E-state index in [9.17, 15) is 14.4 Å². The fourth-order valence-electron chi connectivity index (χ4n) is 3.72. The van der Waals surface area contributed by atoms with Crippen LogP contribution >= 0.6 is 0 Å². The van der Waals surface area contributed by atoms with Crippen LogP contribution < -0.4 is 21.5 Å². The predicted octanol–water partition coefficient (Wildman–Crippen LogP) is 1.56. The van der Waals surface area contributed by atoms with Crippen LogP contribution in [-0.4, -0.2) is 28.1 Å². The van der Waals surface area contributed by atoms with Crippen molar-refractivity contribution in [3.8, 4) is 0 Å². The molecule has 1 atom stereocenters. The summed E-state index contributed by atoms with van der Waals surface area (Å²) in [5, 5.41) is 3.01. The molecule has 3 rings (SSSR count). The molecule has 1 N–H and O–H groups in total. The molecule has 0 aliphatic carbocycles. The van der Waals surface area contributed by atoms with Gasteiger partial charge in [-0.05, 0) is 49.9 Å². The van der Waals surface area contributed by atoms with Crippen molar-refractivity contribution in [2.45, 2.75) is 26.7 Å². The molecule has 27 heavy (non-hydrogen) atoms. The van der Waals surface area contributed by atoms with E-state index < -0.39 is 0 Å². The molecule has 2 heterocycles. The van der Waals surface area contributed by atoms with E-state index in [0.29, 0.717) is 18.9 Å². The van der Waals surface area contributed by atoms with Gasteiger partial charge in [0.15, 0.2) is 0 Å². The number of hydrogen-bond donors (Lipinski definition) is 1. The normalized spacial score (nSPS) is 17.0. The highest BCUT2D eigenvalue weighted by molar-refractivity contribution is 5.93. The topological polar surface area (TPSA) is 76.3 Å². The fourth-order valence-corrected chi connectivity index (χ4v) is 3.72. The zero-order valence-corrected chi connectivity index (χ0v) is 16.3. The Morgan fingerprint density at radius 2 is 1.70 bits per heavy atom. The molecule has 1 aliphatic heterocycles. The fraction of sp³-hybridized carbons (Fsp3) is 0.450. The lowest BCUT2D eigenvalue weighted by atomic mass is 9.97. The largest absolute Gasteiger partial charge is 0.357 e. The molecule has 1 amide bonds. The van der Waals surface area contributed by atoms with Gasteiger partial charge in [0.25, 0.3) is 5.56 Å². The monoisotopic (exact) mass is 370 g/mol. The van der Waals surface area contributed by atoms with Crippen LogP contribution in [0.1, 0.15) is 24.0 Å². The van der Waals surface area contributed by atoms with E-state index in [-0.39, 0.29) is 23.1 Å². The van der Waals surface area contributed by atoms with E-state index in [1.54, 1.807) is 7.05 Å². The number of benzene rings is 1. The number of piperidine rings is 1. The third-order valence-corrected chi connectivity index (χ3v) is 5.11. The van der Waals surface area contributed by atoms with E-state index in [0.717, 1.165) is 34.2 Å². The van der Waals surface area contributed by atoms with Gasteiger partial charge in [0.2, 0.25) is 5.91 Å². The number of anilines is 2. The number of amides is 1. The summed E-state index contributed by atoms with van der Waals surface area (Å²) >= 11 is 0. The van der Waals surface area contributed by atoms with Crippen molar-refractivity contribution < 1.29 is 4.79 Å². The van der Waals surface area contributed by atoms with Crippen LogP contribution in [-0.2, 0) is 18.9 Å². The van der Waals surface area contributed by atoms with Gasteiger partial charge < -0.3 is 10.2 Å². The van der Waals surface area contributed by atoms with Crippen molar-refractivity contribution in [2.24, 2.45) is 20.0 Å². The summed E-state index contributed by atoms with van der Waals surface area (Å²) in [6.07, 6.45) is 1.61. The minimum atomic E-state index is -0.362. The van der Waals surface area contributed by atoms with Crippen molar-refractivity contribution in [1.82, 2.24) is 9.13 Å². The molecule has 1 aromatic carbocycles. The Morgan fingerprint density at radius 1 is 1.04 bits per heavy atom. The third kappa shape index (κ3) is 3.97. The van der Waals surface area contributed by atoms with E-state index in [4.69, 9.17) is 0 Å². The molecule has 0 bridgehead atoms. The summed E-state index contributed by atoms with van der Waals surface area (Å²) in [5.74, 6) is 0.337. The Balaban J connectivity index is 1.79. The summed E-state index contributed by atoms with van der Waals surface area (Å²) in [7, 11) is 3.11. The average Bonchev–Trinajstić information content (AvgIpc) is 2.62. The summed E-state index contributed by atoms with van der Waals surface area (Å²) < 4.78 is 2.54. The van der Waals surface area contributed by atoms with Crippen LogP contribution in [0.4, 0.5) is 11.5 Å². The number of carbonyl (C=O) groups is 1. The Labute approximate surface area is 158 Å². The molecule has 0 spiro atoms. The SMILES string of the molecule is Cc1cc(C)cc(NC(=O)C2CCCN(c3cc(=O)n(C)c(=O)n3C)C2)c1. The number of rotatable bonds is 3. The Bertz CT molecular complexity index is 969. The van der Waals surface area contributed by atoms with E-state index in [1.165, 1.54) is 17.7 Å². The molecule has 1 unspecified atom stereocenters. The molecule has 0 saturated carbocycles. The molecular formula is C20H26N4O3.